The van der Waals surface area contributed by atoms with Gasteiger partial charge in [0.25, 0.3) is 0 Å². The minimum Gasteiger partial charge on any atom is -0.361 e. The van der Waals surface area contributed by atoms with Crippen LogP contribution in [-0.4, -0.2) is 39.2 Å². The van der Waals surface area contributed by atoms with E-state index >= 15 is 0 Å². The molecule has 0 radical (unpaired) electrons. The molecule has 1 aliphatic rings. The van der Waals surface area contributed by atoms with Gasteiger partial charge in [-0.05, 0) is 36.4 Å². The Bertz CT molecular complexity index is 1480. The zero-order chi connectivity index (χ0) is 21.7. The number of hydrogen-bond acceptors (Lipinski definition) is 5. The Kier molecular flexibility index (Phi) is 4.14. The standard InChI is InChI=1S/C25H20N6O/c1-31-22-13-18-20(29-30-24(18)16-8-10-26-11-9-16)14-21(22)28-25(32)23(31)12-17-7-6-15-4-2-3-5-19(15)27-17/h2-11,13-14,23H,12H2,1H3,(H,28,32)(H,29,30). The topological polar surface area (TPSA) is 86.8 Å². The number of para-hydroxylation sites is 1. The van der Waals surface area contributed by atoms with Crippen molar-refractivity contribution in [3.8, 4) is 11.3 Å². The third-order valence-electron chi connectivity index (χ3n) is 6.10. The molecule has 0 spiro atoms. The number of nitrogens with one attached hydrogen (secondary N) is 2. The smallest absolute Gasteiger partial charge is 0.247 e. The van der Waals surface area contributed by atoms with Crippen LogP contribution >= 0.6 is 0 Å². The zero-order valence-corrected chi connectivity index (χ0v) is 17.4. The Balaban J connectivity index is 1.38. The molecular weight excluding hydrogens is 400 g/mol. The number of benzene rings is 2. The van der Waals surface area contributed by atoms with Gasteiger partial charge in [-0.25, -0.2) is 0 Å². The monoisotopic (exact) mass is 420 g/mol. The van der Waals surface area contributed by atoms with Crippen LogP contribution in [0.2, 0.25) is 0 Å². The fraction of sp³-hybridized carbons (Fsp3) is 0.120. The lowest BCUT2D eigenvalue weighted by Gasteiger charge is -2.35. The lowest BCUT2D eigenvalue weighted by atomic mass is 10.0. The average Bonchev–Trinajstić information content (AvgIpc) is 3.24. The van der Waals surface area contributed by atoms with Gasteiger partial charge in [0.05, 0.1) is 22.4 Å². The Hall–Kier alpha value is -4.26. The molecule has 2 N–H and O–H groups in total. The van der Waals surface area contributed by atoms with E-state index in [0.717, 1.165) is 50.1 Å². The fourth-order valence-electron chi connectivity index (χ4n) is 4.38. The number of aromatic amines is 1. The number of nitrogens with zero attached hydrogens (tertiary/aromatic N) is 4. The second-order valence-corrected chi connectivity index (χ2v) is 8.04. The van der Waals surface area contributed by atoms with Crippen molar-refractivity contribution in [2.45, 2.75) is 12.5 Å². The van der Waals surface area contributed by atoms with Gasteiger partial charge >= 0.3 is 0 Å². The summed E-state index contributed by atoms with van der Waals surface area (Å²) in [6, 6.07) is 19.6. The molecule has 1 atom stereocenters. The Morgan fingerprint density at radius 1 is 1.03 bits per heavy atom. The molecular formula is C25H20N6O. The SMILES string of the molecule is CN1c2cc3c(-c4ccncc4)n[nH]c3cc2NC(=O)C1Cc1ccc2ccccc2n1. The van der Waals surface area contributed by atoms with E-state index in [1.165, 1.54) is 0 Å². The molecule has 0 fully saturated rings. The second kappa shape index (κ2) is 7.16. The molecule has 0 aliphatic carbocycles. The number of likely N-dealkylation sites (N-methyl/N-ethyl adjacent to an activating group) is 1. The maximum Gasteiger partial charge on any atom is 0.247 e. The predicted octanol–water partition coefficient (Wildman–Crippen LogP) is 4.17. The van der Waals surface area contributed by atoms with E-state index in [0.29, 0.717) is 6.42 Å². The van der Waals surface area contributed by atoms with Crippen molar-refractivity contribution >= 4 is 39.1 Å². The first kappa shape index (κ1) is 18.5. The van der Waals surface area contributed by atoms with Crippen LogP contribution in [0.15, 0.2) is 73.1 Å². The van der Waals surface area contributed by atoms with E-state index in [9.17, 15) is 4.79 Å². The number of hydrogen-bond donors (Lipinski definition) is 2. The summed E-state index contributed by atoms with van der Waals surface area (Å²) < 4.78 is 0. The van der Waals surface area contributed by atoms with Crippen molar-refractivity contribution in [1.29, 1.82) is 0 Å². The van der Waals surface area contributed by atoms with Crippen LogP contribution in [0.4, 0.5) is 11.4 Å². The third-order valence-corrected chi connectivity index (χ3v) is 6.10. The molecule has 7 nitrogen and oxygen atoms in total. The van der Waals surface area contributed by atoms with Crippen LogP contribution in [0, 0.1) is 0 Å². The van der Waals surface area contributed by atoms with Crippen LogP contribution in [0.5, 0.6) is 0 Å². The minimum absolute atomic E-state index is 0.0387. The minimum atomic E-state index is -0.357. The quantitative estimate of drug-likeness (QED) is 0.457. The molecule has 156 valence electrons. The summed E-state index contributed by atoms with van der Waals surface area (Å²) in [7, 11) is 1.96. The maximum absolute atomic E-state index is 13.0. The van der Waals surface area contributed by atoms with Gasteiger partial charge in [0.1, 0.15) is 11.7 Å². The van der Waals surface area contributed by atoms with Crippen LogP contribution in [-0.2, 0) is 11.2 Å². The van der Waals surface area contributed by atoms with Crippen LogP contribution in [0.25, 0.3) is 33.1 Å². The van der Waals surface area contributed by atoms with Crippen molar-refractivity contribution in [3.05, 3.63) is 78.8 Å². The molecule has 6 rings (SSSR count). The van der Waals surface area contributed by atoms with Gasteiger partial charge in [0, 0.05) is 47.9 Å². The summed E-state index contributed by atoms with van der Waals surface area (Å²) in [4.78, 5) is 23.9. The molecule has 5 aromatic rings. The first-order valence-corrected chi connectivity index (χ1v) is 10.5. The lowest BCUT2D eigenvalue weighted by Crippen LogP contribution is -2.47. The highest BCUT2D eigenvalue weighted by molar-refractivity contribution is 6.08. The van der Waals surface area contributed by atoms with Crippen molar-refractivity contribution in [2.75, 3.05) is 17.3 Å². The molecule has 1 unspecified atom stereocenters. The Morgan fingerprint density at radius 3 is 2.75 bits per heavy atom. The van der Waals surface area contributed by atoms with Gasteiger partial charge in [-0.3, -0.25) is 19.9 Å². The number of H-pyrrole nitrogens is 1. The van der Waals surface area contributed by atoms with Crippen LogP contribution < -0.4 is 10.2 Å². The molecule has 4 heterocycles. The van der Waals surface area contributed by atoms with E-state index in [2.05, 4.69) is 32.6 Å². The average molecular weight is 420 g/mol. The number of fused-ring (bicyclic) bond motifs is 3. The van der Waals surface area contributed by atoms with Crippen LogP contribution in [0.3, 0.4) is 0 Å². The van der Waals surface area contributed by atoms with Gasteiger partial charge in [0.2, 0.25) is 5.91 Å². The number of pyridine rings is 2. The maximum atomic E-state index is 13.0. The third kappa shape index (κ3) is 2.98. The number of rotatable bonds is 3. The molecule has 2 aromatic carbocycles. The summed E-state index contributed by atoms with van der Waals surface area (Å²) in [5.41, 5.74) is 6.29. The highest BCUT2D eigenvalue weighted by atomic mass is 16.2. The van der Waals surface area contributed by atoms with E-state index in [1.54, 1.807) is 12.4 Å². The zero-order valence-electron chi connectivity index (χ0n) is 17.4. The van der Waals surface area contributed by atoms with Crippen molar-refractivity contribution < 1.29 is 4.79 Å². The normalized spacial score (nSPS) is 15.7. The molecule has 0 bridgehead atoms. The Morgan fingerprint density at radius 2 is 1.88 bits per heavy atom. The van der Waals surface area contributed by atoms with Crippen molar-refractivity contribution in [2.24, 2.45) is 0 Å². The molecule has 1 aliphatic heterocycles. The number of carbonyl (C=O) groups is 1. The Labute approximate surface area is 184 Å². The first-order chi connectivity index (χ1) is 15.7. The van der Waals surface area contributed by atoms with Crippen molar-refractivity contribution in [3.63, 3.8) is 0 Å². The first-order valence-electron chi connectivity index (χ1n) is 10.5. The van der Waals surface area contributed by atoms with Gasteiger partial charge in [-0.15, -0.1) is 0 Å². The fourth-order valence-corrected chi connectivity index (χ4v) is 4.38. The van der Waals surface area contributed by atoms with E-state index in [-0.39, 0.29) is 11.9 Å². The summed E-state index contributed by atoms with van der Waals surface area (Å²) in [6.45, 7) is 0. The van der Waals surface area contributed by atoms with E-state index in [1.807, 2.05) is 60.5 Å². The van der Waals surface area contributed by atoms with E-state index < -0.39 is 0 Å². The summed E-state index contributed by atoms with van der Waals surface area (Å²) in [6.07, 6.45) is 4.04. The molecule has 3 aromatic heterocycles. The molecule has 7 heteroatoms. The van der Waals surface area contributed by atoms with E-state index in [4.69, 9.17) is 4.98 Å². The number of carbonyl (C=O) groups excluding carboxylic acids is 1. The summed E-state index contributed by atoms with van der Waals surface area (Å²) >= 11 is 0. The van der Waals surface area contributed by atoms with Gasteiger partial charge in [0.15, 0.2) is 0 Å². The molecule has 0 saturated carbocycles. The molecule has 0 saturated heterocycles. The number of amides is 1. The second-order valence-electron chi connectivity index (χ2n) is 8.04. The summed E-state index contributed by atoms with van der Waals surface area (Å²) in [5, 5.41) is 12.8. The van der Waals surface area contributed by atoms with Gasteiger partial charge in [-0.1, -0.05) is 24.3 Å². The summed E-state index contributed by atoms with van der Waals surface area (Å²) in [5.74, 6) is -0.0387. The molecule has 32 heavy (non-hydrogen) atoms. The highest BCUT2D eigenvalue weighted by Gasteiger charge is 2.32. The number of anilines is 2. The van der Waals surface area contributed by atoms with Crippen molar-refractivity contribution in [1.82, 2.24) is 20.2 Å². The van der Waals surface area contributed by atoms with Gasteiger partial charge in [-0.2, -0.15) is 5.10 Å². The number of aromatic nitrogens is 4. The van der Waals surface area contributed by atoms with Crippen LogP contribution in [0.1, 0.15) is 5.69 Å². The predicted molar refractivity (Wildman–Crippen MR) is 126 cm³/mol. The molecule has 1 amide bonds. The van der Waals surface area contributed by atoms with Gasteiger partial charge < -0.3 is 10.2 Å². The highest BCUT2D eigenvalue weighted by Crippen LogP contribution is 2.38. The largest absolute Gasteiger partial charge is 0.361 e. The lowest BCUT2D eigenvalue weighted by molar-refractivity contribution is -0.117.